The summed E-state index contributed by atoms with van der Waals surface area (Å²) in [6, 6.07) is 20.7. The lowest BCUT2D eigenvalue weighted by Crippen LogP contribution is -2.10. The minimum absolute atomic E-state index is 0.00785. The largest absolute Gasteiger partial charge is 0.396 e. The van der Waals surface area contributed by atoms with Gasteiger partial charge in [0.2, 0.25) is 0 Å². The number of thioether (sulfide) groups is 1. The molecule has 0 radical (unpaired) electrons. The first-order valence-electron chi connectivity index (χ1n) is 8.51. The highest BCUT2D eigenvalue weighted by atomic mass is 35.5. The second kappa shape index (κ2) is 9.18. The predicted octanol–water partition coefficient (Wildman–Crippen LogP) is 5.93. The van der Waals surface area contributed by atoms with Gasteiger partial charge in [0.1, 0.15) is 5.82 Å². The summed E-state index contributed by atoms with van der Waals surface area (Å²) in [5.74, 6) is -0.981. The van der Waals surface area contributed by atoms with Crippen molar-refractivity contribution in [2.45, 2.75) is 16.6 Å². The van der Waals surface area contributed by atoms with Crippen molar-refractivity contribution >= 4 is 29.1 Å². The molecule has 27 heavy (non-hydrogen) atoms. The fourth-order valence-electron chi connectivity index (χ4n) is 2.85. The maximum atomic E-state index is 14.2. The molecule has 2 nitrogen and oxygen atoms in total. The molecule has 3 aromatic rings. The smallest absolute Gasteiger partial charge is 0.196 e. The van der Waals surface area contributed by atoms with Gasteiger partial charge in [-0.1, -0.05) is 48.0 Å². The normalized spacial score (nSPS) is 12.0. The van der Waals surface area contributed by atoms with Crippen molar-refractivity contribution in [3.8, 4) is 0 Å². The molecule has 5 heteroatoms. The average molecular weight is 401 g/mol. The molecule has 0 amide bonds. The Balaban J connectivity index is 2.03. The standard InChI is InChI=1S/C22H18ClFO2S/c23-15-10-11-17(21(12-13-25)27-16-6-2-1-3-7-16)19(14-15)22(26)18-8-4-5-9-20(18)24/h1-11,14,21,25H,12-13H2. The van der Waals surface area contributed by atoms with Crippen LogP contribution in [0.25, 0.3) is 0 Å². The van der Waals surface area contributed by atoms with Crippen LogP contribution in [0, 0.1) is 5.82 Å². The SMILES string of the molecule is O=C(c1ccccc1F)c1cc(Cl)ccc1C(CCO)Sc1ccccc1. The van der Waals surface area contributed by atoms with E-state index >= 15 is 0 Å². The number of carbonyl (C=O) groups is 1. The summed E-state index contributed by atoms with van der Waals surface area (Å²) in [4.78, 5) is 14.1. The zero-order valence-electron chi connectivity index (χ0n) is 14.4. The van der Waals surface area contributed by atoms with Gasteiger partial charge in [0.15, 0.2) is 5.78 Å². The van der Waals surface area contributed by atoms with Crippen molar-refractivity contribution < 1.29 is 14.3 Å². The van der Waals surface area contributed by atoms with Gasteiger partial charge in [-0.25, -0.2) is 4.39 Å². The average Bonchev–Trinajstić information content (AvgIpc) is 2.68. The Bertz CT molecular complexity index is 931. The van der Waals surface area contributed by atoms with Crippen molar-refractivity contribution in [1.82, 2.24) is 0 Å². The minimum Gasteiger partial charge on any atom is -0.396 e. The van der Waals surface area contributed by atoms with Crippen LogP contribution >= 0.6 is 23.4 Å². The van der Waals surface area contributed by atoms with Gasteiger partial charge >= 0.3 is 0 Å². The lowest BCUT2D eigenvalue weighted by Gasteiger charge is -2.20. The van der Waals surface area contributed by atoms with Gasteiger partial charge in [0.05, 0.1) is 5.56 Å². The summed E-state index contributed by atoms with van der Waals surface area (Å²) in [6.45, 7) is -0.0273. The van der Waals surface area contributed by atoms with E-state index in [9.17, 15) is 14.3 Å². The molecule has 3 aromatic carbocycles. The van der Waals surface area contributed by atoms with Crippen LogP contribution in [0.1, 0.15) is 33.2 Å². The van der Waals surface area contributed by atoms with Crippen LogP contribution in [-0.4, -0.2) is 17.5 Å². The van der Waals surface area contributed by atoms with Crippen LogP contribution in [0.2, 0.25) is 5.02 Å². The quantitative estimate of drug-likeness (QED) is 0.394. The molecular weight excluding hydrogens is 383 g/mol. The first-order valence-corrected chi connectivity index (χ1v) is 9.77. The van der Waals surface area contributed by atoms with Gasteiger partial charge in [-0.05, 0) is 48.4 Å². The summed E-state index contributed by atoms with van der Waals surface area (Å²) in [6.07, 6.45) is 0.457. The summed E-state index contributed by atoms with van der Waals surface area (Å²) in [5.41, 5.74) is 1.10. The van der Waals surface area contributed by atoms with Gasteiger partial charge in [-0.3, -0.25) is 4.79 Å². The molecule has 0 bridgehead atoms. The zero-order valence-corrected chi connectivity index (χ0v) is 16.0. The van der Waals surface area contributed by atoms with Crippen LogP contribution in [0.15, 0.2) is 77.7 Å². The lowest BCUT2D eigenvalue weighted by molar-refractivity contribution is 0.103. The monoisotopic (exact) mass is 400 g/mol. The van der Waals surface area contributed by atoms with Crippen molar-refractivity contribution in [1.29, 1.82) is 0 Å². The van der Waals surface area contributed by atoms with Gasteiger partial charge in [0.25, 0.3) is 0 Å². The second-order valence-electron chi connectivity index (χ2n) is 5.97. The number of rotatable bonds is 7. The summed E-state index contributed by atoms with van der Waals surface area (Å²) < 4.78 is 14.2. The number of ketones is 1. The summed E-state index contributed by atoms with van der Waals surface area (Å²) in [5, 5.41) is 9.78. The Kier molecular flexibility index (Phi) is 6.67. The van der Waals surface area contributed by atoms with Crippen LogP contribution in [-0.2, 0) is 0 Å². The molecule has 0 aliphatic heterocycles. The van der Waals surface area contributed by atoms with E-state index in [2.05, 4.69) is 0 Å². The van der Waals surface area contributed by atoms with E-state index in [0.717, 1.165) is 10.5 Å². The van der Waals surface area contributed by atoms with Crippen molar-refractivity contribution in [3.05, 3.63) is 100 Å². The highest BCUT2D eigenvalue weighted by Crippen LogP contribution is 2.40. The number of hydrogen-bond acceptors (Lipinski definition) is 3. The molecule has 0 spiro atoms. The highest BCUT2D eigenvalue weighted by molar-refractivity contribution is 7.99. The van der Waals surface area contributed by atoms with Crippen molar-refractivity contribution in [2.75, 3.05) is 6.61 Å². The van der Waals surface area contributed by atoms with E-state index in [-0.39, 0.29) is 17.4 Å². The molecule has 0 saturated carbocycles. The van der Waals surface area contributed by atoms with Crippen molar-refractivity contribution in [2.24, 2.45) is 0 Å². The van der Waals surface area contributed by atoms with E-state index in [4.69, 9.17) is 11.6 Å². The Morgan fingerprint density at radius 1 is 1.00 bits per heavy atom. The Labute approximate surface area is 167 Å². The van der Waals surface area contributed by atoms with Gasteiger partial charge < -0.3 is 5.11 Å². The maximum absolute atomic E-state index is 14.2. The van der Waals surface area contributed by atoms with Gasteiger partial charge in [-0.2, -0.15) is 0 Å². The number of benzene rings is 3. The van der Waals surface area contributed by atoms with E-state index < -0.39 is 11.6 Å². The predicted molar refractivity (Wildman–Crippen MR) is 108 cm³/mol. The molecule has 1 unspecified atom stereocenters. The number of aliphatic hydroxyl groups is 1. The number of halogens is 2. The molecule has 1 atom stereocenters. The molecule has 0 fully saturated rings. The van der Waals surface area contributed by atoms with E-state index in [0.29, 0.717) is 17.0 Å². The summed E-state index contributed by atoms with van der Waals surface area (Å²) in [7, 11) is 0. The second-order valence-corrected chi connectivity index (χ2v) is 7.68. The fourth-order valence-corrected chi connectivity index (χ4v) is 4.23. The summed E-state index contributed by atoms with van der Waals surface area (Å²) >= 11 is 7.68. The molecule has 138 valence electrons. The third-order valence-electron chi connectivity index (χ3n) is 4.14. The molecule has 0 heterocycles. The van der Waals surface area contributed by atoms with Crippen LogP contribution < -0.4 is 0 Å². The molecule has 0 aromatic heterocycles. The molecule has 3 rings (SSSR count). The molecule has 1 N–H and O–H groups in total. The van der Waals surface area contributed by atoms with E-state index in [1.54, 1.807) is 42.1 Å². The Morgan fingerprint density at radius 3 is 2.41 bits per heavy atom. The van der Waals surface area contributed by atoms with Crippen LogP contribution in [0.4, 0.5) is 4.39 Å². The highest BCUT2D eigenvalue weighted by Gasteiger charge is 2.23. The molecule has 0 saturated heterocycles. The molecular formula is C22H18ClFO2S. The number of hydrogen-bond donors (Lipinski definition) is 1. The van der Waals surface area contributed by atoms with E-state index in [1.807, 2.05) is 30.3 Å². The number of carbonyl (C=O) groups excluding carboxylic acids is 1. The third kappa shape index (κ3) is 4.78. The lowest BCUT2D eigenvalue weighted by atomic mass is 9.95. The maximum Gasteiger partial charge on any atom is 0.196 e. The van der Waals surface area contributed by atoms with Gasteiger partial charge in [0, 0.05) is 27.3 Å². The Hall–Kier alpha value is -2.14. The van der Waals surface area contributed by atoms with Gasteiger partial charge in [-0.15, -0.1) is 11.8 Å². The minimum atomic E-state index is -0.567. The fraction of sp³-hybridized carbons (Fsp3) is 0.136. The third-order valence-corrected chi connectivity index (χ3v) is 5.69. The van der Waals surface area contributed by atoms with Crippen molar-refractivity contribution in [3.63, 3.8) is 0 Å². The van der Waals surface area contributed by atoms with E-state index in [1.165, 1.54) is 12.1 Å². The van der Waals surface area contributed by atoms with Crippen LogP contribution in [0.3, 0.4) is 0 Å². The topological polar surface area (TPSA) is 37.3 Å². The zero-order chi connectivity index (χ0) is 19.2. The first-order chi connectivity index (χ1) is 13.1. The number of aliphatic hydroxyl groups excluding tert-OH is 1. The Morgan fingerprint density at radius 2 is 1.70 bits per heavy atom. The first kappa shape index (κ1) is 19.6. The molecule has 0 aliphatic carbocycles. The molecule has 0 aliphatic rings. The van der Waals surface area contributed by atoms with Crippen LogP contribution in [0.5, 0.6) is 0 Å².